The van der Waals surface area contributed by atoms with Crippen LogP contribution in [0.15, 0.2) is 5.16 Å². The number of hydrogen-bond acceptors (Lipinski definition) is 5. The maximum atomic E-state index is 8.34. The molecule has 1 fully saturated rings. The van der Waals surface area contributed by atoms with Gasteiger partial charge in [0.15, 0.2) is 0 Å². The normalized spacial score (nSPS) is 23.6. The number of amidine groups is 1. The fourth-order valence-electron chi connectivity index (χ4n) is 1.70. The summed E-state index contributed by atoms with van der Waals surface area (Å²) in [5, 5.41) is 14.6. The minimum Gasteiger partial charge on any atom is -0.409 e. The van der Waals surface area contributed by atoms with Gasteiger partial charge in [-0.1, -0.05) is 5.16 Å². The van der Waals surface area contributed by atoms with Crippen molar-refractivity contribution in [2.45, 2.75) is 18.9 Å². The van der Waals surface area contributed by atoms with Gasteiger partial charge >= 0.3 is 0 Å². The minimum atomic E-state index is 0.280. The van der Waals surface area contributed by atoms with E-state index in [0.29, 0.717) is 6.42 Å². The molecular weight excluding hydrogens is 208 g/mol. The quantitative estimate of drug-likeness (QED) is 0.187. The van der Waals surface area contributed by atoms with Crippen molar-refractivity contribution in [3.05, 3.63) is 0 Å². The average Bonchev–Trinajstić information content (AvgIpc) is 2.28. The van der Waals surface area contributed by atoms with Crippen LogP contribution in [0.3, 0.4) is 0 Å². The maximum absolute atomic E-state index is 8.34. The molecule has 1 rings (SSSR count). The third-order valence-corrected chi connectivity index (χ3v) is 2.63. The van der Waals surface area contributed by atoms with Gasteiger partial charge in [0.1, 0.15) is 5.84 Å². The lowest BCUT2D eigenvalue weighted by atomic mass is 10.2. The van der Waals surface area contributed by atoms with Crippen molar-refractivity contribution < 1.29 is 9.94 Å². The molecule has 0 radical (unpaired) electrons. The molecule has 0 saturated carbocycles. The highest BCUT2D eigenvalue weighted by molar-refractivity contribution is 5.79. The highest BCUT2D eigenvalue weighted by Crippen LogP contribution is 2.01. The Morgan fingerprint density at radius 3 is 3.19 bits per heavy atom. The molecule has 0 aromatic heterocycles. The van der Waals surface area contributed by atoms with E-state index in [4.69, 9.17) is 15.7 Å². The molecule has 0 amide bonds. The van der Waals surface area contributed by atoms with Gasteiger partial charge in [-0.15, -0.1) is 0 Å². The lowest BCUT2D eigenvalue weighted by molar-refractivity contribution is -0.0179. The zero-order valence-corrected chi connectivity index (χ0v) is 9.85. The van der Waals surface area contributed by atoms with E-state index >= 15 is 0 Å². The van der Waals surface area contributed by atoms with Crippen LogP contribution in [0.4, 0.5) is 0 Å². The van der Waals surface area contributed by atoms with Gasteiger partial charge in [0, 0.05) is 26.1 Å². The molecule has 6 nitrogen and oxygen atoms in total. The number of oxime groups is 1. The molecule has 1 unspecified atom stereocenters. The first-order valence-electron chi connectivity index (χ1n) is 5.69. The van der Waals surface area contributed by atoms with E-state index in [1.165, 1.54) is 0 Å². The predicted octanol–water partition coefficient (Wildman–Crippen LogP) is -0.567. The molecule has 0 spiro atoms. The Morgan fingerprint density at radius 2 is 2.50 bits per heavy atom. The SMILES string of the molecule is CN1CCOC(CNCCCC(N)=NO)C1. The van der Waals surface area contributed by atoms with Crippen LogP contribution in [0.25, 0.3) is 0 Å². The van der Waals surface area contributed by atoms with Gasteiger partial charge in [0.05, 0.1) is 12.7 Å². The standard InChI is InChI=1S/C10H22N4O2/c1-14-5-6-16-9(8-14)7-12-4-2-3-10(11)13-15/h9,12,15H,2-8H2,1H3,(H2,11,13). The number of rotatable bonds is 6. The second-order valence-corrected chi connectivity index (χ2v) is 4.15. The summed E-state index contributed by atoms with van der Waals surface area (Å²) >= 11 is 0. The van der Waals surface area contributed by atoms with Crippen molar-refractivity contribution in [1.82, 2.24) is 10.2 Å². The number of nitrogens with zero attached hydrogens (tertiary/aromatic N) is 2. The molecule has 1 aliphatic heterocycles. The van der Waals surface area contributed by atoms with Gasteiger partial charge in [-0.05, 0) is 20.0 Å². The van der Waals surface area contributed by atoms with Crippen molar-refractivity contribution >= 4 is 5.84 Å². The Hall–Kier alpha value is -0.850. The Bertz CT molecular complexity index is 223. The minimum absolute atomic E-state index is 0.280. The molecule has 0 aromatic rings. The number of nitrogens with one attached hydrogen (secondary N) is 1. The van der Waals surface area contributed by atoms with Crippen molar-refractivity contribution in [2.24, 2.45) is 10.9 Å². The number of ether oxygens (including phenoxy) is 1. The Balaban J connectivity index is 1.98. The smallest absolute Gasteiger partial charge is 0.139 e. The molecule has 0 aromatic carbocycles. The van der Waals surface area contributed by atoms with Crippen LogP contribution in [0, 0.1) is 0 Å². The van der Waals surface area contributed by atoms with Crippen LogP contribution in [-0.2, 0) is 4.74 Å². The van der Waals surface area contributed by atoms with Gasteiger partial charge in [-0.3, -0.25) is 0 Å². The first kappa shape index (κ1) is 13.2. The molecule has 1 saturated heterocycles. The van der Waals surface area contributed by atoms with Crippen molar-refractivity contribution in [1.29, 1.82) is 0 Å². The van der Waals surface area contributed by atoms with E-state index in [-0.39, 0.29) is 11.9 Å². The van der Waals surface area contributed by atoms with Gasteiger partial charge in [0.2, 0.25) is 0 Å². The van der Waals surface area contributed by atoms with Crippen LogP contribution in [0.2, 0.25) is 0 Å². The topological polar surface area (TPSA) is 83.1 Å². The van der Waals surface area contributed by atoms with Gasteiger partial charge in [-0.25, -0.2) is 0 Å². The van der Waals surface area contributed by atoms with E-state index in [9.17, 15) is 0 Å². The molecular formula is C10H22N4O2. The van der Waals surface area contributed by atoms with Gasteiger partial charge in [0.25, 0.3) is 0 Å². The molecule has 1 heterocycles. The summed E-state index contributed by atoms with van der Waals surface area (Å²) in [5.41, 5.74) is 5.36. The van der Waals surface area contributed by atoms with Crippen molar-refractivity contribution in [3.63, 3.8) is 0 Å². The first-order valence-corrected chi connectivity index (χ1v) is 5.69. The van der Waals surface area contributed by atoms with Gasteiger partial charge < -0.3 is 25.9 Å². The fraction of sp³-hybridized carbons (Fsp3) is 0.900. The average molecular weight is 230 g/mol. The predicted molar refractivity (Wildman–Crippen MR) is 62.7 cm³/mol. The van der Waals surface area contributed by atoms with Crippen molar-refractivity contribution in [3.8, 4) is 0 Å². The second-order valence-electron chi connectivity index (χ2n) is 4.15. The molecule has 94 valence electrons. The van der Waals surface area contributed by atoms with Crippen LogP contribution in [-0.4, -0.2) is 61.9 Å². The summed E-state index contributed by atoms with van der Waals surface area (Å²) in [6, 6.07) is 0. The summed E-state index contributed by atoms with van der Waals surface area (Å²) in [6.07, 6.45) is 1.77. The molecule has 0 aliphatic carbocycles. The number of likely N-dealkylation sites (N-methyl/N-ethyl adjacent to an activating group) is 1. The summed E-state index contributed by atoms with van der Waals surface area (Å²) in [6.45, 7) is 4.53. The third-order valence-electron chi connectivity index (χ3n) is 2.63. The Morgan fingerprint density at radius 1 is 1.69 bits per heavy atom. The monoisotopic (exact) mass is 230 g/mol. The maximum Gasteiger partial charge on any atom is 0.139 e. The van der Waals surface area contributed by atoms with Crippen LogP contribution in [0.5, 0.6) is 0 Å². The number of nitrogens with two attached hydrogens (primary N) is 1. The summed E-state index contributed by atoms with van der Waals surface area (Å²) < 4.78 is 5.60. The summed E-state index contributed by atoms with van der Waals surface area (Å²) in [7, 11) is 2.11. The molecule has 0 bridgehead atoms. The number of hydrogen-bond donors (Lipinski definition) is 3. The Labute approximate surface area is 96.4 Å². The van der Waals surface area contributed by atoms with Crippen molar-refractivity contribution in [2.75, 3.05) is 39.8 Å². The van der Waals surface area contributed by atoms with Gasteiger partial charge in [-0.2, -0.15) is 0 Å². The third kappa shape index (κ3) is 5.29. The largest absolute Gasteiger partial charge is 0.409 e. The highest BCUT2D eigenvalue weighted by Gasteiger charge is 2.16. The summed E-state index contributed by atoms with van der Waals surface area (Å²) in [5.74, 6) is 0.287. The van der Waals surface area contributed by atoms with E-state index in [1.807, 2.05) is 0 Å². The highest BCUT2D eigenvalue weighted by atomic mass is 16.5. The van der Waals surface area contributed by atoms with Crippen LogP contribution < -0.4 is 11.1 Å². The zero-order valence-electron chi connectivity index (χ0n) is 9.85. The lowest BCUT2D eigenvalue weighted by Gasteiger charge is -2.30. The zero-order chi connectivity index (χ0) is 11.8. The molecule has 16 heavy (non-hydrogen) atoms. The van der Waals surface area contributed by atoms with E-state index in [0.717, 1.165) is 39.2 Å². The lowest BCUT2D eigenvalue weighted by Crippen LogP contribution is -2.45. The Kier molecular flexibility index (Phi) is 6.14. The first-order chi connectivity index (χ1) is 7.72. The van der Waals surface area contributed by atoms with E-state index < -0.39 is 0 Å². The molecule has 1 aliphatic rings. The molecule has 4 N–H and O–H groups in total. The summed E-state index contributed by atoms with van der Waals surface area (Å²) in [4.78, 5) is 2.27. The van der Waals surface area contributed by atoms with Crippen LogP contribution >= 0.6 is 0 Å². The molecule has 1 atom stereocenters. The second kappa shape index (κ2) is 7.43. The van der Waals surface area contributed by atoms with E-state index in [1.54, 1.807) is 0 Å². The number of morpholine rings is 1. The fourth-order valence-corrected chi connectivity index (χ4v) is 1.70. The van der Waals surface area contributed by atoms with Crippen LogP contribution in [0.1, 0.15) is 12.8 Å². The molecule has 6 heteroatoms. The van der Waals surface area contributed by atoms with E-state index in [2.05, 4.69) is 22.4 Å².